The van der Waals surface area contributed by atoms with Gasteiger partial charge in [0.1, 0.15) is 19.8 Å². The van der Waals surface area contributed by atoms with Gasteiger partial charge in [0, 0.05) is 12.8 Å². The Morgan fingerprint density at radius 3 is 1.52 bits per heavy atom. The molecule has 9 nitrogen and oxygen atoms in total. The number of hydrogen-bond acceptors (Lipinski definition) is 7. The van der Waals surface area contributed by atoms with Crippen molar-refractivity contribution in [3.8, 4) is 0 Å². The molecule has 0 heterocycles. The average Bonchev–Trinajstić information content (AvgIpc) is 2.92. The predicted molar refractivity (Wildman–Crippen MR) is 169 cm³/mol. The molecular weight excluding hydrogens is 557 g/mol. The fraction of sp³-hybridized carbons (Fsp3) is 0.938. The van der Waals surface area contributed by atoms with Crippen LogP contribution in [0.2, 0.25) is 0 Å². The summed E-state index contributed by atoms with van der Waals surface area (Å²) in [6.07, 6.45) is 20.2. The van der Waals surface area contributed by atoms with Gasteiger partial charge in [-0.1, -0.05) is 117 Å². The van der Waals surface area contributed by atoms with Crippen LogP contribution in [0, 0.1) is 0 Å². The molecule has 0 spiro atoms. The van der Waals surface area contributed by atoms with E-state index in [0.717, 1.165) is 32.1 Å². The maximum atomic E-state index is 12.5. The number of hydrogen-bond donors (Lipinski definition) is 1. The largest absolute Gasteiger partial charge is 0.472 e. The third-order valence-corrected chi connectivity index (χ3v) is 8.12. The van der Waals surface area contributed by atoms with Gasteiger partial charge in [-0.3, -0.25) is 18.6 Å². The van der Waals surface area contributed by atoms with E-state index >= 15 is 0 Å². The number of carbonyl (C=O) groups excluding carboxylic acids is 2. The second-order valence-corrected chi connectivity index (χ2v) is 14.0. The fourth-order valence-corrected chi connectivity index (χ4v) is 5.17. The molecule has 0 aliphatic heterocycles. The molecule has 0 fully saturated rings. The minimum Gasteiger partial charge on any atom is -0.462 e. The van der Waals surface area contributed by atoms with Crippen molar-refractivity contribution < 1.29 is 42.1 Å². The Morgan fingerprint density at radius 2 is 1.07 bits per heavy atom. The minimum absolute atomic E-state index is 0.0358. The van der Waals surface area contributed by atoms with E-state index in [1.165, 1.54) is 77.0 Å². The number of carbonyl (C=O) groups is 2. The molecule has 0 rings (SSSR count). The Kier molecular flexibility index (Phi) is 25.8. The fourth-order valence-electron chi connectivity index (χ4n) is 4.42. The molecule has 0 aromatic heterocycles. The van der Waals surface area contributed by atoms with Gasteiger partial charge in [-0.15, -0.1) is 0 Å². The van der Waals surface area contributed by atoms with Crippen LogP contribution in [0.5, 0.6) is 0 Å². The molecule has 0 bridgehead atoms. The highest BCUT2D eigenvalue weighted by molar-refractivity contribution is 7.47. The number of ether oxygens (including phenoxy) is 2. The first-order valence-corrected chi connectivity index (χ1v) is 18.3. The molecule has 250 valence electrons. The molecule has 10 heteroatoms. The van der Waals surface area contributed by atoms with Gasteiger partial charge in [-0.05, 0) is 12.8 Å². The van der Waals surface area contributed by atoms with Gasteiger partial charge in [0.2, 0.25) is 0 Å². The second-order valence-electron chi connectivity index (χ2n) is 12.6. The quantitative estimate of drug-likeness (QED) is 0.0370. The molecule has 0 amide bonds. The molecule has 0 aliphatic rings. The van der Waals surface area contributed by atoms with Crippen molar-refractivity contribution in [2.75, 3.05) is 47.5 Å². The Hall–Kier alpha value is -0.990. The van der Waals surface area contributed by atoms with Gasteiger partial charge >= 0.3 is 19.8 Å². The van der Waals surface area contributed by atoms with Gasteiger partial charge in [-0.25, -0.2) is 4.57 Å². The number of rotatable bonds is 30. The Labute approximate surface area is 257 Å². The number of phosphoric ester groups is 1. The lowest BCUT2D eigenvalue weighted by molar-refractivity contribution is -0.870. The Morgan fingerprint density at radius 1 is 0.643 bits per heavy atom. The van der Waals surface area contributed by atoms with E-state index in [0.29, 0.717) is 23.9 Å². The highest BCUT2D eigenvalue weighted by Crippen LogP contribution is 2.43. The topological polar surface area (TPSA) is 108 Å². The third-order valence-electron chi connectivity index (χ3n) is 7.14. The van der Waals surface area contributed by atoms with Crippen LogP contribution >= 0.6 is 7.82 Å². The van der Waals surface area contributed by atoms with Crippen LogP contribution in [-0.4, -0.2) is 74.9 Å². The van der Waals surface area contributed by atoms with Crippen LogP contribution in [0.25, 0.3) is 0 Å². The van der Waals surface area contributed by atoms with Gasteiger partial charge < -0.3 is 18.9 Å². The maximum Gasteiger partial charge on any atom is 0.472 e. The SMILES string of the molecule is CCCCCCCCCCCCC(=O)O[C@@H](COC(=O)CCCCCCCCCC)COP(=O)(O)OCC[N+](C)(C)C. The van der Waals surface area contributed by atoms with Crippen LogP contribution < -0.4 is 0 Å². The first kappa shape index (κ1) is 41.0. The highest BCUT2D eigenvalue weighted by Gasteiger charge is 2.27. The van der Waals surface area contributed by atoms with Crippen molar-refractivity contribution in [1.82, 2.24) is 0 Å². The van der Waals surface area contributed by atoms with E-state index in [9.17, 15) is 19.0 Å². The maximum absolute atomic E-state index is 12.5. The summed E-state index contributed by atoms with van der Waals surface area (Å²) in [6.45, 7) is 4.35. The Balaban J connectivity index is 4.51. The van der Waals surface area contributed by atoms with Gasteiger partial charge in [0.05, 0.1) is 27.7 Å². The zero-order valence-electron chi connectivity index (χ0n) is 27.7. The third kappa shape index (κ3) is 29.1. The lowest BCUT2D eigenvalue weighted by Gasteiger charge is -2.24. The zero-order valence-corrected chi connectivity index (χ0v) is 28.6. The second kappa shape index (κ2) is 26.4. The molecule has 0 aliphatic carbocycles. The normalized spacial score (nSPS) is 14.0. The summed E-state index contributed by atoms with van der Waals surface area (Å²) in [6, 6.07) is 0. The lowest BCUT2D eigenvalue weighted by atomic mass is 10.1. The first-order valence-electron chi connectivity index (χ1n) is 16.8. The van der Waals surface area contributed by atoms with Crippen LogP contribution in [0.4, 0.5) is 0 Å². The average molecular weight is 623 g/mol. The predicted octanol–water partition coefficient (Wildman–Crippen LogP) is 8.12. The number of phosphoric acid groups is 1. The number of likely N-dealkylation sites (N-methyl/N-ethyl adjacent to an activating group) is 1. The van der Waals surface area contributed by atoms with Gasteiger partial charge in [0.25, 0.3) is 0 Å². The zero-order chi connectivity index (χ0) is 31.5. The summed E-state index contributed by atoms with van der Waals surface area (Å²) in [4.78, 5) is 34.8. The van der Waals surface area contributed by atoms with Crippen LogP contribution in [0.3, 0.4) is 0 Å². The molecule has 1 unspecified atom stereocenters. The number of unbranched alkanes of at least 4 members (excludes halogenated alkanes) is 16. The Bertz CT molecular complexity index is 713. The van der Waals surface area contributed by atoms with Crippen molar-refractivity contribution in [1.29, 1.82) is 0 Å². The number of nitrogens with zero attached hydrogens (tertiary/aromatic N) is 1. The molecule has 0 aromatic rings. The van der Waals surface area contributed by atoms with Gasteiger partial charge in [-0.2, -0.15) is 0 Å². The number of quaternary nitrogens is 1. The van der Waals surface area contributed by atoms with Crippen LogP contribution in [0.15, 0.2) is 0 Å². The smallest absolute Gasteiger partial charge is 0.462 e. The summed E-state index contributed by atoms with van der Waals surface area (Å²) >= 11 is 0. The van der Waals surface area contributed by atoms with E-state index in [1.807, 2.05) is 21.1 Å². The summed E-state index contributed by atoms with van der Waals surface area (Å²) in [5.41, 5.74) is 0. The van der Waals surface area contributed by atoms with Crippen LogP contribution in [-0.2, 0) is 32.7 Å². The lowest BCUT2D eigenvalue weighted by Crippen LogP contribution is -2.37. The van der Waals surface area contributed by atoms with E-state index in [2.05, 4.69) is 13.8 Å². The summed E-state index contributed by atoms with van der Waals surface area (Å²) in [5, 5.41) is 0. The van der Waals surface area contributed by atoms with Crippen molar-refractivity contribution in [3.63, 3.8) is 0 Å². The molecule has 2 atom stereocenters. The standard InChI is InChI=1S/C32H64NO8P/c1-6-8-10-12-14-16-17-19-21-23-25-32(35)41-30(29-40-42(36,37)39-27-26-33(3,4)5)28-38-31(34)24-22-20-18-15-13-11-9-7-2/h30H,6-29H2,1-5H3/p+1/t30-/m0/s1. The van der Waals surface area contributed by atoms with Crippen LogP contribution in [0.1, 0.15) is 142 Å². The molecule has 0 aromatic carbocycles. The number of esters is 2. The van der Waals surface area contributed by atoms with Crippen molar-refractivity contribution in [2.24, 2.45) is 0 Å². The molecule has 0 saturated carbocycles. The highest BCUT2D eigenvalue weighted by atomic mass is 31.2. The van der Waals surface area contributed by atoms with Crippen molar-refractivity contribution >= 4 is 19.8 Å². The van der Waals surface area contributed by atoms with E-state index in [-0.39, 0.29) is 25.6 Å². The summed E-state index contributed by atoms with van der Waals surface area (Å²) in [5.74, 6) is -0.802. The monoisotopic (exact) mass is 622 g/mol. The van der Waals surface area contributed by atoms with Gasteiger partial charge in [0.15, 0.2) is 6.10 Å². The molecule has 42 heavy (non-hydrogen) atoms. The molecular formula is C32H65NO8P+. The van der Waals surface area contributed by atoms with E-state index < -0.39 is 26.5 Å². The molecule has 1 N–H and O–H groups in total. The van der Waals surface area contributed by atoms with E-state index in [1.54, 1.807) is 0 Å². The van der Waals surface area contributed by atoms with Crippen molar-refractivity contribution in [2.45, 2.75) is 148 Å². The van der Waals surface area contributed by atoms with E-state index in [4.69, 9.17) is 18.5 Å². The summed E-state index contributed by atoms with van der Waals surface area (Å²) in [7, 11) is 1.48. The molecule has 0 radical (unpaired) electrons. The summed E-state index contributed by atoms with van der Waals surface area (Å²) < 4.78 is 33.9. The van der Waals surface area contributed by atoms with Crippen molar-refractivity contribution in [3.05, 3.63) is 0 Å². The minimum atomic E-state index is -4.35. The first-order chi connectivity index (χ1) is 20.0. The molecule has 0 saturated heterocycles.